The number of nitrogens with zero attached hydrogens (tertiary/aromatic N) is 1. The van der Waals surface area contributed by atoms with Crippen LogP contribution in [0.5, 0.6) is 5.75 Å². The monoisotopic (exact) mass is 463 g/mol. The normalized spacial score (nSPS) is 12.1. The Hall–Kier alpha value is -2.57. The van der Waals surface area contributed by atoms with E-state index in [0.717, 1.165) is 24.2 Å². The first-order valence-electron chi connectivity index (χ1n) is 10.1. The summed E-state index contributed by atoms with van der Waals surface area (Å²) in [7, 11) is 0. The van der Waals surface area contributed by atoms with E-state index in [-0.39, 0.29) is 16.5 Å². The molecule has 2 rings (SSSR count). The van der Waals surface area contributed by atoms with Gasteiger partial charge < -0.3 is 10.1 Å². The largest absolute Gasteiger partial charge is 0.494 e. The lowest BCUT2D eigenvalue weighted by atomic mass is 10.0. The minimum atomic E-state index is -0.786. The summed E-state index contributed by atoms with van der Waals surface area (Å²) in [5, 5.41) is 7.34. The van der Waals surface area contributed by atoms with E-state index in [0.29, 0.717) is 11.6 Å². The van der Waals surface area contributed by atoms with Gasteiger partial charge in [0, 0.05) is 5.02 Å². The number of rotatable bonds is 10. The van der Waals surface area contributed by atoms with Crippen molar-refractivity contribution in [2.75, 3.05) is 6.61 Å². The van der Waals surface area contributed by atoms with Crippen molar-refractivity contribution in [2.24, 2.45) is 11.0 Å². The van der Waals surface area contributed by atoms with Gasteiger partial charge in [0.25, 0.3) is 11.8 Å². The van der Waals surface area contributed by atoms with Crippen LogP contribution in [0.2, 0.25) is 10.0 Å². The molecule has 2 N–H and O–H groups in total. The van der Waals surface area contributed by atoms with Crippen molar-refractivity contribution in [3.05, 3.63) is 63.6 Å². The van der Waals surface area contributed by atoms with Crippen LogP contribution in [0.15, 0.2) is 47.6 Å². The molecule has 0 saturated carbocycles. The molecule has 0 saturated heterocycles. The lowest BCUT2D eigenvalue weighted by Gasteiger charge is -2.20. The van der Waals surface area contributed by atoms with Gasteiger partial charge in [-0.25, -0.2) is 5.43 Å². The molecule has 1 unspecified atom stereocenters. The third kappa shape index (κ3) is 7.89. The Kier molecular flexibility index (Phi) is 9.82. The standard InChI is InChI=1S/C23H27Cl2N3O3/c1-4-5-12-31-18-9-6-16(7-10-18)14-26-28-23(30)21(15(2)3)27-22(29)19-11-8-17(24)13-20(19)25/h6-11,13-15,21H,4-5,12H2,1-3H3,(H,27,29)(H,28,30)/b26-14+. The molecule has 31 heavy (non-hydrogen) atoms. The number of carbonyl (C=O) groups excluding carboxylic acids is 2. The Bertz CT molecular complexity index is 915. The molecule has 0 heterocycles. The molecule has 1 atom stereocenters. The summed E-state index contributed by atoms with van der Waals surface area (Å²) < 4.78 is 5.62. The van der Waals surface area contributed by atoms with Crippen molar-refractivity contribution < 1.29 is 14.3 Å². The quantitative estimate of drug-likeness (QED) is 0.293. The van der Waals surface area contributed by atoms with E-state index in [1.807, 2.05) is 38.1 Å². The van der Waals surface area contributed by atoms with Crippen molar-refractivity contribution in [2.45, 2.75) is 39.7 Å². The zero-order chi connectivity index (χ0) is 22.8. The van der Waals surface area contributed by atoms with Gasteiger partial charge >= 0.3 is 0 Å². The van der Waals surface area contributed by atoms with Gasteiger partial charge in [-0.2, -0.15) is 5.10 Å². The molecule has 0 aliphatic carbocycles. The van der Waals surface area contributed by atoms with Gasteiger partial charge in [0.05, 0.1) is 23.4 Å². The maximum absolute atomic E-state index is 12.6. The Morgan fingerprint density at radius 2 is 1.84 bits per heavy atom. The molecule has 0 aromatic heterocycles. The second-order valence-corrected chi connectivity index (χ2v) is 8.17. The average Bonchev–Trinajstić information content (AvgIpc) is 2.72. The van der Waals surface area contributed by atoms with Crippen molar-refractivity contribution in [1.82, 2.24) is 10.7 Å². The van der Waals surface area contributed by atoms with Crippen LogP contribution >= 0.6 is 23.2 Å². The lowest BCUT2D eigenvalue weighted by molar-refractivity contribution is -0.123. The number of carbonyl (C=O) groups is 2. The SMILES string of the molecule is CCCCOc1ccc(/C=N/NC(=O)C(NC(=O)c2ccc(Cl)cc2Cl)C(C)C)cc1. The second kappa shape index (κ2) is 12.3. The highest BCUT2D eigenvalue weighted by molar-refractivity contribution is 6.36. The molecular formula is C23H27Cl2N3O3. The maximum atomic E-state index is 12.6. The lowest BCUT2D eigenvalue weighted by Crippen LogP contribution is -2.48. The van der Waals surface area contributed by atoms with Gasteiger partial charge in [0.15, 0.2) is 0 Å². The summed E-state index contributed by atoms with van der Waals surface area (Å²) in [6, 6.07) is 11.2. The van der Waals surface area contributed by atoms with Crippen molar-refractivity contribution in [3.8, 4) is 5.75 Å². The molecule has 0 radical (unpaired) electrons. The fraction of sp³-hybridized carbons (Fsp3) is 0.348. The third-order valence-corrected chi connectivity index (χ3v) is 4.99. The van der Waals surface area contributed by atoms with Crippen LogP contribution in [-0.4, -0.2) is 30.7 Å². The molecular weight excluding hydrogens is 437 g/mol. The molecule has 2 amide bonds. The fourth-order valence-electron chi connectivity index (χ4n) is 2.65. The van der Waals surface area contributed by atoms with Crippen molar-refractivity contribution in [1.29, 1.82) is 0 Å². The van der Waals surface area contributed by atoms with Crippen LogP contribution in [0.1, 0.15) is 49.5 Å². The predicted molar refractivity (Wildman–Crippen MR) is 125 cm³/mol. The summed E-state index contributed by atoms with van der Waals surface area (Å²) in [5.74, 6) is -0.259. The topological polar surface area (TPSA) is 79.8 Å². The highest BCUT2D eigenvalue weighted by Crippen LogP contribution is 2.21. The van der Waals surface area contributed by atoms with Crippen molar-refractivity contribution >= 4 is 41.2 Å². The molecule has 2 aromatic rings. The van der Waals surface area contributed by atoms with Gasteiger partial charge in [-0.15, -0.1) is 0 Å². The first kappa shape index (κ1) is 24.7. The van der Waals surface area contributed by atoms with Crippen LogP contribution < -0.4 is 15.5 Å². The van der Waals surface area contributed by atoms with Crippen molar-refractivity contribution in [3.63, 3.8) is 0 Å². The molecule has 2 aromatic carbocycles. The summed E-state index contributed by atoms with van der Waals surface area (Å²) in [5.41, 5.74) is 3.53. The van der Waals surface area contributed by atoms with E-state index in [1.54, 1.807) is 6.07 Å². The predicted octanol–water partition coefficient (Wildman–Crippen LogP) is 5.08. The van der Waals surface area contributed by atoms with E-state index in [9.17, 15) is 9.59 Å². The number of hydrazone groups is 1. The van der Waals surface area contributed by atoms with Crippen LogP contribution in [-0.2, 0) is 4.79 Å². The van der Waals surface area contributed by atoms with E-state index >= 15 is 0 Å². The Labute approximate surface area is 193 Å². The van der Waals surface area contributed by atoms with E-state index < -0.39 is 17.9 Å². The number of halogens is 2. The number of ether oxygens (including phenoxy) is 1. The van der Waals surface area contributed by atoms with Gasteiger partial charge in [-0.3, -0.25) is 9.59 Å². The Balaban J connectivity index is 1.95. The summed E-state index contributed by atoms with van der Waals surface area (Å²) in [4.78, 5) is 25.1. The van der Waals surface area contributed by atoms with Crippen LogP contribution in [0, 0.1) is 5.92 Å². The van der Waals surface area contributed by atoms with E-state index in [4.69, 9.17) is 27.9 Å². The molecule has 0 aliphatic heterocycles. The molecule has 0 bridgehead atoms. The number of amides is 2. The molecule has 0 aliphatic rings. The second-order valence-electron chi connectivity index (χ2n) is 7.32. The molecule has 6 nitrogen and oxygen atoms in total. The fourth-order valence-corrected chi connectivity index (χ4v) is 3.15. The summed E-state index contributed by atoms with van der Waals surface area (Å²) in [6.07, 6.45) is 3.62. The summed E-state index contributed by atoms with van der Waals surface area (Å²) in [6.45, 7) is 6.45. The zero-order valence-electron chi connectivity index (χ0n) is 17.8. The number of benzene rings is 2. The number of hydrogen-bond donors (Lipinski definition) is 2. The minimum Gasteiger partial charge on any atom is -0.494 e. The Morgan fingerprint density at radius 1 is 1.13 bits per heavy atom. The third-order valence-electron chi connectivity index (χ3n) is 4.45. The number of hydrogen-bond acceptors (Lipinski definition) is 4. The highest BCUT2D eigenvalue weighted by Gasteiger charge is 2.25. The number of nitrogens with one attached hydrogen (secondary N) is 2. The smallest absolute Gasteiger partial charge is 0.262 e. The van der Waals surface area contributed by atoms with Gasteiger partial charge in [-0.1, -0.05) is 50.4 Å². The van der Waals surface area contributed by atoms with E-state index in [2.05, 4.69) is 22.8 Å². The molecule has 166 valence electrons. The van der Waals surface area contributed by atoms with Gasteiger partial charge in [-0.05, 0) is 60.4 Å². The first-order chi connectivity index (χ1) is 14.8. The van der Waals surface area contributed by atoms with Gasteiger partial charge in [0.2, 0.25) is 0 Å². The van der Waals surface area contributed by atoms with Gasteiger partial charge in [0.1, 0.15) is 11.8 Å². The van der Waals surface area contributed by atoms with Crippen LogP contribution in [0.4, 0.5) is 0 Å². The average molecular weight is 464 g/mol. The summed E-state index contributed by atoms with van der Waals surface area (Å²) >= 11 is 12.0. The number of unbranched alkanes of at least 4 members (excludes halogenated alkanes) is 1. The molecule has 0 spiro atoms. The zero-order valence-corrected chi connectivity index (χ0v) is 19.3. The minimum absolute atomic E-state index is 0.162. The highest BCUT2D eigenvalue weighted by atomic mass is 35.5. The van der Waals surface area contributed by atoms with Crippen LogP contribution in [0.25, 0.3) is 0 Å². The maximum Gasteiger partial charge on any atom is 0.262 e. The van der Waals surface area contributed by atoms with Crippen LogP contribution in [0.3, 0.4) is 0 Å². The first-order valence-corrected chi connectivity index (χ1v) is 10.9. The Morgan fingerprint density at radius 3 is 2.45 bits per heavy atom. The molecule has 8 heteroatoms. The molecule has 0 fully saturated rings. The van der Waals surface area contributed by atoms with E-state index in [1.165, 1.54) is 18.3 Å².